The molecule has 1 unspecified atom stereocenters. The Balaban J connectivity index is 1.53. The Morgan fingerprint density at radius 1 is 1.24 bits per heavy atom. The fourth-order valence-electron chi connectivity index (χ4n) is 2.91. The minimum atomic E-state index is 0.458. The molecule has 1 heterocycles. The zero-order valence-corrected chi connectivity index (χ0v) is 12.9. The smallest absolute Gasteiger partial charge is 0.0666 e. The maximum Gasteiger partial charge on any atom is 0.0666 e. The summed E-state index contributed by atoms with van der Waals surface area (Å²) in [6.07, 6.45) is 2.66. The van der Waals surface area contributed by atoms with Gasteiger partial charge in [0.1, 0.15) is 0 Å². The van der Waals surface area contributed by atoms with Crippen LogP contribution in [-0.4, -0.2) is 51.0 Å². The minimum Gasteiger partial charge on any atom is -0.383 e. The lowest BCUT2D eigenvalue weighted by molar-refractivity contribution is 0.0342. The van der Waals surface area contributed by atoms with Crippen molar-refractivity contribution in [3.63, 3.8) is 0 Å². The molecule has 1 saturated heterocycles. The summed E-state index contributed by atoms with van der Waals surface area (Å²) in [5.74, 6) is 0.790. The van der Waals surface area contributed by atoms with Gasteiger partial charge < -0.3 is 14.8 Å². The Kier molecular flexibility index (Phi) is 5.12. The molecule has 1 aromatic rings. The van der Waals surface area contributed by atoms with Crippen LogP contribution < -0.4 is 5.32 Å². The summed E-state index contributed by atoms with van der Waals surface area (Å²) < 4.78 is 10.7. The van der Waals surface area contributed by atoms with E-state index in [2.05, 4.69) is 34.5 Å². The molecule has 1 atom stereocenters. The molecule has 1 aliphatic heterocycles. The van der Waals surface area contributed by atoms with Crippen LogP contribution >= 0.6 is 0 Å². The Bertz CT molecular complexity index is 425. The van der Waals surface area contributed by atoms with Crippen LogP contribution in [0.25, 0.3) is 0 Å². The van der Waals surface area contributed by atoms with Gasteiger partial charge in [-0.15, -0.1) is 0 Å². The molecule has 4 heteroatoms. The Labute approximate surface area is 127 Å². The average molecular weight is 290 g/mol. The number of anilines is 1. The number of benzene rings is 1. The van der Waals surface area contributed by atoms with E-state index in [4.69, 9.17) is 9.47 Å². The molecular formula is C17H26N2O2. The van der Waals surface area contributed by atoms with E-state index in [1.807, 2.05) is 0 Å². The van der Waals surface area contributed by atoms with E-state index in [0.29, 0.717) is 6.04 Å². The highest BCUT2D eigenvalue weighted by atomic mass is 16.5. The molecule has 1 aromatic carbocycles. The lowest BCUT2D eigenvalue weighted by Crippen LogP contribution is -2.35. The van der Waals surface area contributed by atoms with Crippen molar-refractivity contribution in [3.8, 4) is 0 Å². The molecule has 4 nitrogen and oxygen atoms in total. The molecular weight excluding hydrogens is 264 g/mol. The minimum absolute atomic E-state index is 0.458. The van der Waals surface area contributed by atoms with Crippen LogP contribution in [0.5, 0.6) is 0 Å². The van der Waals surface area contributed by atoms with Crippen LogP contribution in [0.2, 0.25) is 0 Å². The lowest BCUT2D eigenvalue weighted by atomic mass is 10.1. The normalized spacial score (nSPS) is 21.2. The summed E-state index contributed by atoms with van der Waals surface area (Å²) in [7, 11) is 1.78. The molecule has 21 heavy (non-hydrogen) atoms. The third kappa shape index (κ3) is 4.43. The summed E-state index contributed by atoms with van der Waals surface area (Å²) in [5, 5.41) is 3.61. The number of nitrogens with one attached hydrogen (secondary N) is 1. The van der Waals surface area contributed by atoms with Gasteiger partial charge in [-0.1, -0.05) is 12.1 Å². The zero-order valence-electron chi connectivity index (χ0n) is 12.9. The van der Waals surface area contributed by atoms with E-state index in [-0.39, 0.29) is 0 Å². The average Bonchev–Trinajstić information content (AvgIpc) is 3.35. The zero-order chi connectivity index (χ0) is 14.5. The van der Waals surface area contributed by atoms with Crippen molar-refractivity contribution in [2.75, 3.05) is 45.3 Å². The molecule has 0 spiro atoms. The number of hydrogen-bond acceptors (Lipinski definition) is 4. The first kappa shape index (κ1) is 14.8. The quantitative estimate of drug-likeness (QED) is 0.836. The van der Waals surface area contributed by atoms with Crippen LogP contribution in [0, 0.1) is 5.92 Å². The second-order valence-corrected chi connectivity index (χ2v) is 6.13. The fourth-order valence-corrected chi connectivity index (χ4v) is 2.91. The molecule has 0 aromatic heterocycles. The molecule has 116 valence electrons. The van der Waals surface area contributed by atoms with Gasteiger partial charge in [-0.2, -0.15) is 0 Å². The molecule has 0 bridgehead atoms. The fraction of sp³-hybridized carbons (Fsp3) is 0.647. The summed E-state index contributed by atoms with van der Waals surface area (Å²) in [6.45, 7) is 5.61. The van der Waals surface area contributed by atoms with Gasteiger partial charge in [-0.25, -0.2) is 0 Å². The van der Waals surface area contributed by atoms with E-state index < -0.39 is 0 Å². The first-order valence-corrected chi connectivity index (χ1v) is 7.99. The molecule has 1 saturated carbocycles. The van der Waals surface area contributed by atoms with Crippen LogP contribution in [-0.2, 0) is 16.0 Å². The summed E-state index contributed by atoms with van der Waals surface area (Å²) in [4.78, 5) is 2.45. The van der Waals surface area contributed by atoms with Gasteiger partial charge in [0.05, 0.1) is 25.9 Å². The number of methoxy groups -OCH3 is 1. The van der Waals surface area contributed by atoms with E-state index in [9.17, 15) is 0 Å². The number of hydrogen-bond donors (Lipinski definition) is 1. The van der Waals surface area contributed by atoms with Gasteiger partial charge >= 0.3 is 0 Å². The van der Waals surface area contributed by atoms with Gasteiger partial charge in [-0.05, 0) is 36.5 Å². The Morgan fingerprint density at radius 2 is 1.95 bits per heavy atom. The van der Waals surface area contributed by atoms with Crippen LogP contribution in [0.1, 0.15) is 18.4 Å². The predicted octanol–water partition coefficient (Wildman–Crippen LogP) is 2.36. The van der Waals surface area contributed by atoms with Crippen LogP contribution in [0.4, 0.5) is 5.69 Å². The summed E-state index contributed by atoms with van der Waals surface area (Å²) in [6, 6.07) is 9.31. The molecule has 3 rings (SSSR count). The number of ether oxygens (including phenoxy) is 2. The first-order valence-electron chi connectivity index (χ1n) is 7.99. The SMILES string of the molecule is COCC(Nc1ccc(CN2CCOCC2)cc1)C1CC1. The second kappa shape index (κ2) is 7.25. The molecule has 1 aliphatic carbocycles. The Hall–Kier alpha value is -1.10. The van der Waals surface area contributed by atoms with Gasteiger partial charge in [0, 0.05) is 32.4 Å². The highest BCUT2D eigenvalue weighted by Crippen LogP contribution is 2.34. The number of rotatable bonds is 7. The van der Waals surface area contributed by atoms with E-state index in [1.165, 1.54) is 24.1 Å². The summed E-state index contributed by atoms with van der Waals surface area (Å²) in [5.41, 5.74) is 2.58. The first-order chi connectivity index (χ1) is 10.3. The molecule has 2 fully saturated rings. The van der Waals surface area contributed by atoms with Crippen LogP contribution in [0.15, 0.2) is 24.3 Å². The largest absolute Gasteiger partial charge is 0.383 e. The molecule has 1 N–H and O–H groups in total. The van der Waals surface area contributed by atoms with Crippen LogP contribution in [0.3, 0.4) is 0 Å². The molecule has 0 amide bonds. The lowest BCUT2D eigenvalue weighted by Gasteiger charge is -2.26. The third-order valence-corrected chi connectivity index (χ3v) is 4.35. The maximum atomic E-state index is 5.39. The Morgan fingerprint density at radius 3 is 2.57 bits per heavy atom. The summed E-state index contributed by atoms with van der Waals surface area (Å²) >= 11 is 0. The molecule has 0 radical (unpaired) electrons. The van der Waals surface area contributed by atoms with Gasteiger partial charge in [0.15, 0.2) is 0 Å². The predicted molar refractivity (Wildman–Crippen MR) is 84.5 cm³/mol. The maximum absolute atomic E-state index is 5.39. The monoisotopic (exact) mass is 290 g/mol. The van der Waals surface area contributed by atoms with Crippen molar-refractivity contribution < 1.29 is 9.47 Å². The van der Waals surface area contributed by atoms with E-state index >= 15 is 0 Å². The molecule has 2 aliphatic rings. The standard InChI is InChI=1S/C17H26N2O2/c1-20-13-17(15-4-5-15)18-16-6-2-14(3-7-16)12-19-8-10-21-11-9-19/h2-3,6-7,15,17-18H,4-5,8-13H2,1H3. The van der Waals surface area contributed by atoms with Crippen molar-refractivity contribution >= 4 is 5.69 Å². The number of nitrogens with zero attached hydrogens (tertiary/aromatic N) is 1. The van der Waals surface area contributed by atoms with Crippen molar-refractivity contribution in [2.45, 2.75) is 25.4 Å². The topological polar surface area (TPSA) is 33.7 Å². The van der Waals surface area contributed by atoms with E-state index in [1.54, 1.807) is 7.11 Å². The van der Waals surface area contributed by atoms with Gasteiger partial charge in [0.25, 0.3) is 0 Å². The van der Waals surface area contributed by atoms with E-state index in [0.717, 1.165) is 45.4 Å². The number of morpholine rings is 1. The van der Waals surface area contributed by atoms with Crippen molar-refractivity contribution in [1.29, 1.82) is 0 Å². The van der Waals surface area contributed by atoms with Crippen molar-refractivity contribution in [2.24, 2.45) is 5.92 Å². The third-order valence-electron chi connectivity index (χ3n) is 4.35. The van der Waals surface area contributed by atoms with Crippen molar-refractivity contribution in [3.05, 3.63) is 29.8 Å². The van der Waals surface area contributed by atoms with Gasteiger partial charge in [-0.3, -0.25) is 4.90 Å². The highest BCUT2D eigenvalue weighted by molar-refractivity contribution is 5.45. The van der Waals surface area contributed by atoms with Gasteiger partial charge in [0.2, 0.25) is 0 Å². The van der Waals surface area contributed by atoms with Crippen molar-refractivity contribution in [1.82, 2.24) is 4.90 Å². The highest BCUT2D eigenvalue weighted by Gasteiger charge is 2.31. The second-order valence-electron chi connectivity index (χ2n) is 6.13.